The quantitative estimate of drug-likeness (QED) is 0.632. The highest BCUT2D eigenvalue weighted by molar-refractivity contribution is 6.12. The van der Waals surface area contributed by atoms with E-state index in [9.17, 15) is 4.79 Å². The molecule has 0 fully saturated rings. The minimum atomic E-state index is -0.442. The van der Waals surface area contributed by atoms with Crippen LogP contribution in [0.15, 0.2) is 53.4 Å². The van der Waals surface area contributed by atoms with Crippen molar-refractivity contribution in [3.05, 3.63) is 59.5 Å². The van der Waals surface area contributed by atoms with Gasteiger partial charge in [-0.1, -0.05) is 18.2 Å². The Balaban J connectivity index is 1.90. The van der Waals surface area contributed by atoms with Gasteiger partial charge in [-0.25, -0.2) is 9.79 Å². The van der Waals surface area contributed by atoms with Crippen molar-refractivity contribution in [1.29, 1.82) is 0 Å². The fourth-order valence-electron chi connectivity index (χ4n) is 2.05. The lowest BCUT2D eigenvalue weighted by Gasteiger charge is -2.18. The van der Waals surface area contributed by atoms with Crippen LogP contribution in [0.1, 0.15) is 31.9 Å². The standard InChI is InChI=1S/C17H17N3O2/c1-17(2,3)20-11-12(10-18-20)9-14-16(21)22-15(19-14)13-7-5-4-6-8-13/h4-11H,1-3H3. The van der Waals surface area contributed by atoms with Gasteiger partial charge >= 0.3 is 5.97 Å². The average molecular weight is 295 g/mol. The number of carbonyl (C=O) groups excluding carboxylic acids is 1. The molecule has 0 saturated carbocycles. The molecule has 3 rings (SSSR count). The summed E-state index contributed by atoms with van der Waals surface area (Å²) in [4.78, 5) is 16.2. The van der Waals surface area contributed by atoms with E-state index in [2.05, 4.69) is 30.9 Å². The Morgan fingerprint density at radius 3 is 2.55 bits per heavy atom. The first-order valence-corrected chi connectivity index (χ1v) is 7.06. The lowest BCUT2D eigenvalue weighted by Crippen LogP contribution is -2.21. The van der Waals surface area contributed by atoms with E-state index in [1.807, 2.05) is 41.2 Å². The minimum absolute atomic E-state index is 0.106. The molecule has 112 valence electrons. The number of esters is 1. The molecule has 0 amide bonds. The van der Waals surface area contributed by atoms with Crippen LogP contribution in [0.4, 0.5) is 0 Å². The van der Waals surface area contributed by atoms with Crippen LogP contribution in [0.5, 0.6) is 0 Å². The minimum Gasteiger partial charge on any atom is -0.402 e. The zero-order valence-electron chi connectivity index (χ0n) is 12.8. The number of ether oxygens (including phenoxy) is 1. The molecule has 22 heavy (non-hydrogen) atoms. The van der Waals surface area contributed by atoms with Crippen molar-refractivity contribution in [1.82, 2.24) is 9.78 Å². The molecule has 2 aromatic rings. The Morgan fingerprint density at radius 1 is 1.18 bits per heavy atom. The first-order chi connectivity index (χ1) is 10.4. The van der Waals surface area contributed by atoms with Crippen molar-refractivity contribution in [2.24, 2.45) is 4.99 Å². The Labute approximate surface area is 128 Å². The van der Waals surface area contributed by atoms with Gasteiger partial charge in [0.15, 0.2) is 5.70 Å². The van der Waals surface area contributed by atoms with E-state index >= 15 is 0 Å². The van der Waals surface area contributed by atoms with Gasteiger partial charge in [0.05, 0.1) is 11.7 Å². The molecule has 5 heteroatoms. The van der Waals surface area contributed by atoms with Gasteiger partial charge in [0.25, 0.3) is 0 Å². The van der Waals surface area contributed by atoms with Crippen LogP contribution in [-0.4, -0.2) is 21.6 Å². The first-order valence-electron chi connectivity index (χ1n) is 7.06. The largest absolute Gasteiger partial charge is 0.402 e. The molecular weight excluding hydrogens is 278 g/mol. The van der Waals surface area contributed by atoms with Crippen molar-refractivity contribution in [2.45, 2.75) is 26.3 Å². The number of rotatable bonds is 2. The molecule has 1 aliphatic rings. The lowest BCUT2D eigenvalue weighted by molar-refractivity contribution is -0.129. The van der Waals surface area contributed by atoms with Gasteiger partial charge in [-0.15, -0.1) is 0 Å². The maximum Gasteiger partial charge on any atom is 0.363 e. The molecule has 0 unspecified atom stereocenters. The van der Waals surface area contributed by atoms with E-state index in [1.165, 1.54) is 0 Å². The van der Waals surface area contributed by atoms with E-state index in [1.54, 1.807) is 12.3 Å². The predicted molar refractivity (Wildman–Crippen MR) is 84.3 cm³/mol. The second-order valence-electron chi connectivity index (χ2n) is 6.09. The second kappa shape index (κ2) is 5.26. The number of aromatic nitrogens is 2. The normalized spacial score (nSPS) is 16.8. The molecule has 1 aromatic heterocycles. The maximum atomic E-state index is 11.9. The summed E-state index contributed by atoms with van der Waals surface area (Å²) in [6.07, 6.45) is 5.28. The fraction of sp³-hybridized carbons (Fsp3) is 0.235. The summed E-state index contributed by atoms with van der Waals surface area (Å²) in [5.41, 5.74) is 1.78. The van der Waals surface area contributed by atoms with Crippen molar-refractivity contribution in [3.63, 3.8) is 0 Å². The van der Waals surface area contributed by atoms with Crippen molar-refractivity contribution < 1.29 is 9.53 Å². The maximum absolute atomic E-state index is 11.9. The van der Waals surface area contributed by atoms with Crippen molar-refractivity contribution >= 4 is 17.9 Å². The van der Waals surface area contributed by atoms with Gasteiger partial charge in [-0.05, 0) is 39.0 Å². The Hall–Kier alpha value is -2.69. The first kappa shape index (κ1) is 14.3. The Bertz CT molecular complexity index is 765. The van der Waals surface area contributed by atoms with Crippen molar-refractivity contribution in [2.75, 3.05) is 0 Å². The predicted octanol–water partition coefficient (Wildman–Crippen LogP) is 2.98. The summed E-state index contributed by atoms with van der Waals surface area (Å²) in [7, 11) is 0. The highest BCUT2D eigenvalue weighted by atomic mass is 16.6. The molecule has 5 nitrogen and oxygen atoms in total. The molecule has 0 N–H and O–H groups in total. The number of hydrogen-bond donors (Lipinski definition) is 0. The smallest absolute Gasteiger partial charge is 0.363 e. The van der Waals surface area contributed by atoms with E-state index in [0.717, 1.165) is 11.1 Å². The lowest BCUT2D eigenvalue weighted by atomic mass is 10.1. The van der Waals surface area contributed by atoms with Gasteiger partial charge in [-0.3, -0.25) is 4.68 Å². The molecule has 2 heterocycles. The van der Waals surface area contributed by atoms with Crippen LogP contribution >= 0.6 is 0 Å². The number of hydrogen-bond acceptors (Lipinski definition) is 4. The summed E-state index contributed by atoms with van der Waals surface area (Å²) in [5.74, 6) is -0.109. The zero-order valence-corrected chi connectivity index (χ0v) is 12.8. The van der Waals surface area contributed by atoms with E-state index < -0.39 is 5.97 Å². The average Bonchev–Trinajstić information content (AvgIpc) is 3.08. The Kier molecular flexibility index (Phi) is 3.41. The Morgan fingerprint density at radius 2 is 1.91 bits per heavy atom. The summed E-state index contributed by atoms with van der Waals surface area (Å²) < 4.78 is 7.07. The van der Waals surface area contributed by atoms with Gasteiger partial charge in [-0.2, -0.15) is 5.10 Å². The SMILES string of the molecule is CC(C)(C)n1cc(C=C2N=C(c3ccccc3)OC2=O)cn1. The number of benzene rings is 1. The molecule has 1 aliphatic heterocycles. The van der Waals surface area contributed by atoms with Crippen LogP contribution in [0.25, 0.3) is 6.08 Å². The third kappa shape index (κ3) is 2.83. The molecule has 1 aromatic carbocycles. The molecule has 0 radical (unpaired) electrons. The highest BCUT2D eigenvalue weighted by Crippen LogP contribution is 2.20. The zero-order chi connectivity index (χ0) is 15.7. The molecular formula is C17H17N3O2. The molecule has 0 saturated heterocycles. The molecule has 0 atom stereocenters. The van der Waals surface area contributed by atoms with Crippen molar-refractivity contribution in [3.8, 4) is 0 Å². The van der Waals surface area contributed by atoms with Crippen LogP contribution in [0.2, 0.25) is 0 Å². The molecule has 0 aliphatic carbocycles. The van der Waals surface area contributed by atoms with Crippen LogP contribution in [-0.2, 0) is 15.1 Å². The van der Waals surface area contributed by atoms with E-state index in [-0.39, 0.29) is 11.2 Å². The summed E-state index contributed by atoms with van der Waals surface area (Å²) >= 11 is 0. The number of aliphatic imine (C=N–C) groups is 1. The summed E-state index contributed by atoms with van der Waals surface area (Å²) in [6.45, 7) is 6.19. The van der Waals surface area contributed by atoms with Gasteiger partial charge in [0, 0.05) is 17.3 Å². The van der Waals surface area contributed by atoms with E-state index in [4.69, 9.17) is 4.74 Å². The topological polar surface area (TPSA) is 56.5 Å². The van der Waals surface area contributed by atoms with Crippen LogP contribution < -0.4 is 0 Å². The third-order valence-electron chi connectivity index (χ3n) is 3.23. The number of carbonyl (C=O) groups is 1. The number of nitrogens with zero attached hydrogens (tertiary/aromatic N) is 3. The third-order valence-corrected chi connectivity index (χ3v) is 3.23. The van der Waals surface area contributed by atoms with Gasteiger partial charge in [0.2, 0.25) is 5.90 Å². The van der Waals surface area contributed by atoms with Gasteiger partial charge < -0.3 is 4.74 Å². The fourth-order valence-corrected chi connectivity index (χ4v) is 2.05. The van der Waals surface area contributed by atoms with Crippen LogP contribution in [0.3, 0.4) is 0 Å². The summed E-state index contributed by atoms with van der Waals surface area (Å²) in [6, 6.07) is 9.36. The molecule has 0 bridgehead atoms. The highest BCUT2D eigenvalue weighted by Gasteiger charge is 2.24. The molecule has 0 spiro atoms. The summed E-state index contributed by atoms with van der Waals surface area (Å²) in [5, 5.41) is 4.30. The monoisotopic (exact) mass is 295 g/mol. The van der Waals surface area contributed by atoms with Gasteiger partial charge in [0.1, 0.15) is 0 Å². The van der Waals surface area contributed by atoms with E-state index in [0.29, 0.717) is 5.90 Å². The number of cyclic esters (lactones) is 1. The van der Waals surface area contributed by atoms with Crippen LogP contribution in [0, 0.1) is 0 Å². The second-order valence-corrected chi connectivity index (χ2v) is 6.09.